The second kappa shape index (κ2) is 5.06. The van der Waals surface area contributed by atoms with Crippen LogP contribution in [0.15, 0.2) is 54.6 Å². The zero-order valence-corrected chi connectivity index (χ0v) is 11.0. The first-order valence-corrected chi connectivity index (χ1v) is 6.62. The van der Waals surface area contributed by atoms with Crippen LogP contribution in [-0.2, 0) is 9.53 Å². The highest BCUT2D eigenvalue weighted by atomic mass is 35.5. The third kappa shape index (κ3) is 2.36. The van der Waals surface area contributed by atoms with Crippen molar-refractivity contribution in [3.8, 4) is 0 Å². The summed E-state index contributed by atoms with van der Waals surface area (Å²) in [6.45, 7) is 0. The lowest BCUT2D eigenvalue weighted by Crippen LogP contribution is -2.06. The first kappa shape index (κ1) is 12.2. The number of esters is 1. The van der Waals surface area contributed by atoms with Crippen molar-refractivity contribution in [3.63, 3.8) is 0 Å². The Bertz CT molecular complexity index is 595. The molecule has 1 fully saturated rings. The van der Waals surface area contributed by atoms with Crippen LogP contribution in [0.5, 0.6) is 0 Å². The van der Waals surface area contributed by atoms with Gasteiger partial charge in [-0.3, -0.25) is 4.79 Å². The molecule has 0 N–H and O–H groups in total. The molecule has 0 bridgehead atoms. The van der Waals surface area contributed by atoms with E-state index < -0.39 is 0 Å². The fourth-order valence-corrected chi connectivity index (χ4v) is 2.78. The Kier molecular flexibility index (Phi) is 3.26. The molecule has 1 saturated heterocycles. The number of hydrogen-bond acceptors (Lipinski definition) is 2. The molecular formula is C16H13ClO2. The van der Waals surface area contributed by atoms with E-state index in [1.54, 1.807) is 0 Å². The molecule has 96 valence electrons. The Labute approximate surface area is 117 Å². The zero-order chi connectivity index (χ0) is 13.2. The first-order valence-electron chi connectivity index (χ1n) is 6.24. The van der Waals surface area contributed by atoms with Crippen LogP contribution in [0.2, 0.25) is 5.02 Å². The van der Waals surface area contributed by atoms with Gasteiger partial charge in [-0.15, -0.1) is 0 Å². The Morgan fingerprint density at radius 3 is 2.42 bits per heavy atom. The highest BCUT2D eigenvalue weighted by molar-refractivity contribution is 6.31. The third-order valence-corrected chi connectivity index (χ3v) is 3.79. The highest BCUT2D eigenvalue weighted by Crippen LogP contribution is 2.44. The van der Waals surface area contributed by atoms with Crippen LogP contribution in [0.25, 0.3) is 0 Å². The molecule has 0 amide bonds. The van der Waals surface area contributed by atoms with Gasteiger partial charge < -0.3 is 4.74 Å². The smallest absolute Gasteiger partial charge is 0.307 e. The first-order chi connectivity index (χ1) is 9.25. The van der Waals surface area contributed by atoms with Gasteiger partial charge in [-0.2, -0.15) is 0 Å². The van der Waals surface area contributed by atoms with E-state index in [1.807, 2.05) is 54.6 Å². The van der Waals surface area contributed by atoms with Gasteiger partial charge in [-0.05, 0) is 11.6 Å². The van der Waals surface area contributed by atoms with Crippen LogP contribution in [0.4, 0.5) is 0 Å². The normalized spacial score (nSPS) is 22.3. The number of cyclic esters (lactones) is 1. The Morgan fingerprint density at radius 2 is 1.68 bits per heavy atom. The van der Waals surface area contributed by atoms with E-state index in [4.69, 9.17) is 16.3 Å². The number of carbonyl (C=O) groups excluding carboxylic acids is 1. The van der Waals surface area contributed by atoms with Gasteiger partial charge in [0.1, 0.15) is 6.10 Å². The molecule has 1 aliphatic heterocycles. The van der Waals surface area contributed by atoms with E-state index in [2.05, 4.69) is 0 Å². The molecule has 3 rings (SSSR count). The lowest BCUT2D eigenvalue weighted by atomic mass is 9.89. The molecule has 3 heteroatoms. The van der Waals surface area contributed by atoms with Crippen molar-refractivity contribution in [2.45, 2.75) is 18.4 Å². The van der Waals surface area contributed by atoms with E-state index >= 15 is 0 Å². The van der Waals surface area contributed by atoms with Crippen molar-refractivity contribution in [1.29, 1.82) is 0 Å². The average Bonchev–Trinajstić information content (AvgIpc) is 2.82. The summed E-state index contributed by atoms with van der Waals surface area (Å²) in [6, 6.07) is 17.5. The van der Waals surface area contributed by atoms with Gasteiger partial charge in [0.25, 0.3) is 0 Å². The topological polar surface area (TPSA) is 26.3 Å². The number of rotatable bonds is 2. The fraction of sp³-hybridized carbons (Fsp3) is 0.188. The van der Waals surface area contributed by atoms with Crippen molar-refractivity contribution in [2.24, 2.45) is 0 Å². The molecular weight excluding hydrogens is 260 g/mol. The molecule has 2 atom stereocenters. The Hall–Kier alpha value is -1.80. The monoisotopic (exact) mass is 272 g/mol. The number of carbonyl (C=O) groups is 1. The molecule has 2 aromatic carbocycles. The second-order valence-corrected chi connectivity index (χ2v) is 5.06. The lowest BCUT2D eigenvalue weighted by molar-refractivity contribution is -0.141. The highest BCUT2D eigenvalue weighted by Gasteiger charge is 2.37. The minimum absolute atomic E-state index is 0.0357. The van der Waals surface area contributed by atoms with Crippen molar-refractivity contribution in [3.05, 3.63) is 70.7 Å². The van der Waals surface area contributed by atoms with Crippen LogP contribution in [0.1, 0.15) is 29.6 Å². The van der Waals surface area contributed by atoms with Crippen LogP contribution in [0, 0.1) is 0 Å². The van der Waals surface area contributed by atoms with Crippen molar-refractivity contribution in [1.82, 2.24) is 0 Å². The molecule has 2 unspecified atom stereocenters. The average molecular weight is 273 g/mol. The van der Waals surface area contributed by atoms with Gasteiger partial charge in [0.15, 0.2) is 0 Å². The molecule has 1 aliphatic rings. The summed E-state index contributed by atoms with van der Waals surface area (Å²) in [6.07, 6.45) is 0.114. The summed E-state index contributed by atoms with van der Waals surface area (Å²) in [7, 11) is 0. The molecule has 0 aromatic heterocycles. The van der Waals surface area contributed by atoms with Crippen LogP contribution < -0.4 is 0 Å². The van der Waals surface area contributed by atoms with Gasteiger partial charge in [-0.1, -0.05) is 60.1 Å². The number of ether oxygens (including phenoxy) is 1. The number of benzene rings is 2. The Morgan fingerprint density at radius 1 is 1.00 bits per heavy atom. The zero-order valence-electron chi connectivity index (χ0n) is 10.3. The van der Waals surface area contributed by atoms with Gasteiger partial charge in [0.05, 0.1) is 6.42 Å². The molecule has 2 aromatic rings. The predicted octanol–water partition coefficient (Wildman–Crippen LogP) is 4.11. The molecule has 19 heavy (non-hydrogen) atoms. The SMILES string of the molecule is O=C1CC(c2ccccc2)C(c2ccccc2Cl)O1. The largest absolute Gasteiger partial charge is 0.457 e. The summed E-state index contributed by atoms with van der Waals surface area (Å²) in [5.41, 5.74) is 1.99. The molecule has 0 spiro atoms. The summed E-state index contributed by atoms with van der Waals surface area (Å²) in [4.78, 5) is 11.7. The third-order valence-electron chi connectivity index (χ3n) is 3.45. The second-order valence-electron chi connectivity index (χ2n) is 4.65. The fourth-order valence-electron chi connectivity index (χ4n) is 2.54. The van der Waals surface area contributed by atoms with E-state index in [9.17, 15) is 4.79 Å². The molecule has 2 nitrogen and oxygen atoms in total. The van der Waals surface area contributed by atoms with Gasteiger partial charge >= 0.3 is 5.97 Å². The van der Waals surface area contributed by atoms with Crippen molar-refractivity contribution in [2.75, 3.05) is 0 Å². The van der Waals surface area contributed by atoms with E-state index in [-0.39, 0.29) is 18.0 Å². The summed E-state index contributed by atoms with van der Waals surface area (Å²) in [5.74, 6) is -0.132. The van der Waals surface area contributed by atoms with Crippen LogP contribution in [0.3, 0.4) is 0 Å². The van der Waals surface area contributed by atoms with Crippen LogP contribution >= 0.6 is 11.6 Å². The summed E-state index contributed by atoms with van der Waals surface area (Å²) in [5, 5.41) is 0.642. The maximum atomic E-state index is 11.7. The maximum absolute atomic E-state index is 11.7. The van der Waals surface area contributed by atoms with E-state index in [0.29, 0.717) is 11.4 Å². The standard InChI is InChI=1S/C16H13ClO2/c17-14-9-5-4-8-12(14)16-13(10-15(18)19-16)11-6-2-1-3-7-11/h1-9,13,16H,10H2. The molecule has 1 heterocycles. The van der Waals surface area contributed by atoms with Gasteiger partial charge in [0.2, 0.25) is 0 Å². The van der Waals surface area contributed by atoms with Crippen molar-refractivity contribution >= 4 is 17.6 Å². The van der Waals surface area contributed by atoms with Gasteiger partial charge in [-0.25, -0.2) is 0 Å². The summed E-state index contributed by atoms with van der Waals surface area (Å²) >= 11 is 6.21. The molecule has 0 radical (unpaired) electrons. The number of halogens is 1. The lowest BCUT2D eigenvalue weighted by Gasteiger charge is -2.19. The number of hydrogen-bond donors (Lipinski definition) is 0. The van der Waals surface area contributed by atoms with E-state index in [1.165, 1.54) is 0 Å². The molecule has 0 saturated carbocycles. The van der Waals surface area contributed by atoms with E-state index in [0.717, 1.165) is 11.1 Å². The van der Waals surface area contributed by atoms with Crippen molar-refractivity contribution < 1.29 is 9.53 Å². The Balaban J connectivity index is 2.00. The van der Waals surface area contributed by atoms with Crippen LogP contribution in [-0.4, -0.2) is 5.97 Å². The summed E-state index contributed by atoms with van der Waals surface area (Å²) < 4.78 is 5.47. The van der Waals surface area contributed by atoms with Gasteiger partial charge in [0, 0.05) is 16.5 Å². The minimum atomic E-state index is -0.288. The minimum Gasteiger partial charge on any atom is -0.457 e. The maximum Gasteiger partial charge on any atom is 0.307 e. The molecule has 0 aliphatic carbocycles. The predicted molar refractivity (Wildman–Crippen MR) is 74.1 cm³/mol. The quantitative estimate of drug-likeness (QED) is 0.769.